The summed E-state index contributed by atoms with van der Waals surface area (Å²) in [5, 5.41) is 0. The van der Waals surface area contributed by atoms with Crippen LogP contribution in [0.3, 0.4) is 0 Å². The lowest BCUT2D eigenvalue weighted by molar-refractivity contribution is 0.0990. The number of aryl methyl sites for hydroxylation is 1. The summed E-state index contributed by atoms with van der Waals surface area (Å²) < 4.78 is 5.42. The second-order valence-corrected chi connectivity index (χ2v) is 4.13. The van der Waals surface area contributed by atoms with Crippen molar-refractivity contribution in [2.45, 2.75) is 19.9 Å². The molecule has 1 heterocycles. The first-order valence-corrected chi connectivity index (χ1v) is 5.39. The zero-order chi connectivity index (χ0) is 10.8. The van der Waals surface area contributed by atoms with Gasteiger partial charge in [0.1, 0.15) is 0 Å². The first-order chi connectivity index (χ1) is 7.20. The van der Waals surface area contributed by atoms with E-state index in [2.05, 4.69) is 24.0 Å². The van der Waals surface area contributed by atoms with Crippen LogP contribution in [0, 0.1) is 6.92 Å². The van der Waals surface area contributed by atoms with E-state index >= 15 is 0 Å². The Morgan fingerprint density at radius 3 is 3.00 bits per heavy atom. The zero-order valence-electron chi connectivity index (χ0n) is 9.36. The van der Waals surface area contributed by atoms with Gasteiger partial charge < -0.3 is 15.4 Å². The molecule has 1 saturated heterocycles. The number of benzene rings is 1. The predicted octanol–water partition coefficient (Wildman–Crippen LogP) is 1.80. The summed E-state index contributed by atoms with van der Waals surface area (Å²) in [5.41, 5.74) is 9.28. The van der Waals surface area contributed by atoms with E-state index in [1.54, 1.807) is 0 Å². The number of morpholine rings is 1. The molecule has 0 radical (unpaired) electrons. The molecule has 0 amide bonds. The molecule has 1 fully saturated rings. The molecule has 0 aliphatic carbocycles. The van der Waals surface area contributed by atoms with Crippen molar-refractivity contribution < 1.29 is 4.74 Å². The Balaban J connectivity index is 2.31. The number of nitrogens with two attached hydrogens (primary N) is 1. The van der Waals surface area contributed by atoms with E-state index in [9.17, 15) is 0 Å². The monoisotopic (exact) mass is 206 g/mol. The lowest BCUT2D eigenvalue weighted by atomic mass is 10.1. The quantitative estimate of drug-likeness (QED) is 0.712. The highest BCUT2D eigenvalue weighted by Crippen LogP contribution is 2.28. The zero-order valence-corrected chi connectivity index (χ0v) is 9.36. The van der Waals surface area contributed by atoms with Gasteiger partial charge in [0.15, 0.2) is 0 Å². The molecular weight excluding hydrogens is 188 g/mol. The van der Waals surface area contributed by atoms with Crippen LogP contribution in [0.1, 0.15) is 12.5 Å². The van der Waals surface area contributed by atoms with E-state index in [-0.39, 0.29) is 0 Å². The maximum Gasteiger partial charge on any atom is 0.0668 e. The average Bonchev–Trinajstić information content (AvgIpc) is 2.23. The number of ether oxygens (including phenoxy) is 1. The molecule has 3 heteroatoms. The van der Waals surface area contributed by atoms with Crippen molar-refractivity contribution in [1.29, 1.82) is 0 Å². The summed E-state index contributed by atoms with van der Waals surface area (Å²) in [5.74, 6) is 0. The molecule has 0 spiro atoms. The van der Waals surface area contributed by atoms with Gasteiger partial charge in [-0.3, -0.25) is 0 Å². The lowest BCUT2D eigenvalue weighted by Gasteiger charge is -2.36. The van der Waals surface area contributed by atoms with Gasteiger partial charge >= 0.3 is 0 Å². The van der Waals surface area contributed by atoms with Gasteiger partial charge in [-0.1, -0.05) is 12.1 Å². The molecule has 1 aromatic rings. The highest BCUT2D eigenvalue weighted by Gasteiger charge is 2.20. The number of nitrogen functional groups attached to an aromatic ring is 1. The van der Waals surface area contributed by atoms with Crippen LogP contribution in [0.2, 0.25) is 0 Å². The summed E-state index contributed by atoms with van der Waals surface area (Å²) in [6.45, 7) is 6.71. The minimum atomic E-state index is 0.405. The van der Waals surface area contributed by atoms with Crippen molar-refractivity contribution in [3.63, 3.8) is 0 Å². The number of para-hydroxylation sites is 1. The maximum absolute atomic E-state index is 6.09. The van der Waals surface area contributed by atoms with Crippen LogP contribution in [0.15, 0.2) is 18.2 Å². The second-order valence-electron chi connectivity index (χ2n) is 4.13. The van der Waals surface area contributed by atoms with Gasteiger partial charge in [-0.05, 0) is 25.5 Å². The normalized spacial score (nSPS) is 21.7. The van der Waals surface area contributed by atoms with Crippen LogP contribution in [-0.2, 0) is 4.74 Å². The third kappa shape index (κ3) is 1.92. The molecule has 2 N–H and O–H groups in total. The lowest BCUT2D eigenvalue weighted by Crippen LogP contribution is -2.44. The third-order valence-corrected chi connectivity index (χ3v) is 2.98. The summed E-state index contributed by atoms with van der Waals surface area (Å²) in [6, 6.07) is 6.60. The van der Waals surface area contributed by atoms with E-state index in [1.807, 2.05) is 13.0 Å². The Labute approximate surface area is 90.8 Å². The molecule has 1 atom stereocenters. The second kappa shape index (κ2) is 4.11. The number of hydrogen-bond acceptors (Lipinski definition) is 3. The van der Waals surface area contributed by atoms with Gasteiger partial charge in [-0.2, -0.15) is 0 Å². The Morgan fingerprint density at radius 1 is 1.47 bits per heavy atom. The molecule has 1 unspecified atom stereocenters. The highest BCUT2D eigenvalue weighted by atomic mass is 16.5. The van der Waals surface area contributed by atoms with Crippen molar-refractivity contribution in [2.24, 2.45) is 0 Å². The minimum Gasteiger partial charge on any atom is -0.397 e. The fourth-order valence-corrected chi connectivity index (χ4v) is 2.00. The van der Waals surface area contributed by atoms with Gasteiger partial charge in [0, 0.05) is 12.6 Å². The number of rotatable bonds is 1. The summed E-state index contributed by atoms with van der Waals surface area (Å²) in [7, 11) is 0. The van der Waals surface area contributed by atoms with Gasteiger partial charge in [-0.25, -0.2) is 0 Å². The SMILES string of the molecule is Cc1cccc(N2CCOCC2C)c1N. The van der Waals surface area contributed by atoms with E-state index in [1.165, 1.54) is 0 Å². The van der Waals surface area contributed by atoms with Crippen LogP contribution < -0.4 is 10.6 Å². The molecule has 82 valence electrons. The molecule has 1 aliphatic rings. The van der Waals surface area contributed by atoms with Crippen molar-refractivity contribution in [1.82, 2.24) is 0 Å². The molecule has 0 bridgehead atoms. The van der Waals surface area contributed by atoms with Crippen LogP contribution in [0.4, 0.5) is 11.4 Å². The van der Waals surface area contributed by atoms with Crippen molar-refractivity contribution in [2.75, 3.05) is 30.4 Å². The van der Waals surface area contributed by atoms with Crippen molar-refractivity contribution >= 4 is 11.4 Å². The largest absolute Gasteiger partial charge is 0.397 e. The van der Waals surface area contributed by atoms with Gasteiger partial charge in [0.2, 0.25) is 0 Å². The van der Waals surface area contributed by atoms with E-state index in [0.29, 0.717) is 6.04 Å². The molecule has 0 saturated carbocycles. The number of hydrogen-bond donors (Lipinski definition) is 1. The topological polar surface area (TPSA) is 38.5 Å². The minimum absolute atomic E-state index is 0.405. The summed E-state index contributed by atoms with van der Waals surface area (Å²) >= 11 is 0. The number of nitrogens with zero attached hydrogens (tertiary/aromatic N) is 1. The first kappa shape index (κ1) is 10.3. The smallest absolute Gasteiger partial charge is 0.0668 e. The predicted molar refractivity (Wildman–Crippen MR) is 63.2 cm³/mol. The average molecular weight is 206 g/mol. The van der Waals surface area contributed by atoms with E-state index in [0.717, 1.165) is 36.7 Å². The Kier molecular flexibility index (Phi) is 2.82. The molecule has 15 heavy (non-hydrogen) atoms. The van der Waals surface area contributed by atoms with Crippen LogP contribution in [-0.4, -0.2) is 25.8 Å². The van der Waals surface area contributed by atoms with Crippen LogP contribution in [0.5, 0.6) is 0 Å². The molecule has 2 rings (SSSR count). The third-order valence-electron chi connectivity index (χ3n) is 2.98. The van der Waals surface area contributed by atoms with Crippen molar-refractivity contribution in [3.8, 4) is 0 Å². The molecular formula is C12H18N2O. The summed E-state index contributed by atoms with van der Waals surface area (Å²) in [6.07, 6.45) is 0. The number of anilines is 2. The van der Waals surface area contributed by atoms with Crippen molar-refractivity contribution in [3.05, 3.63) is 23.8 Å². The van der Waals surface area contributed by atoms with Crippen LogP contribution >= 0.6 is 0 Å². The fraction of sp³-hybridized carbons (Fsp3) is 0.500. The summed E-state index contributed by atoms with van der Waals surface area (Å²) in [4.78, 5) is 2.33. The standard InChI is InChI=1S/C12H18N2O/c1-9-4-3-5-11(12(9)13)14-6-7-15-8-10(14)2/h3-5,10H,6-8,13H2,1-2H3. The Hall–Kier alpha value is -1.22. The Morgan fingerprint density at radius 2 is 2.27 bits per heavy atom. The fourth-order valence-electron chi connectivity index (χ4n) is 2.00. The highest BCUT2D eigenvalue weighted by molar-refractivity contribution is 5.71. The van der Waals surface area contributed by atoms with E-state index in [4.69, 9.17) is 10.5 Å². The van der Waals surface area contributed by atoms with Gasteiger partial charge in [-0.15, -0.1) is 0 Å². The molecule has 3 nitrogen and oxygen atoms in total. The van der Waals surface area contributed by atoms with Gasteiger partial charge in [0.25, 0.3) is 0 Å². The van der Waals surface area contributed by atoms with Crippen LogP contribution in [0.25, 0.3) is 0 Å². The maximum atomic E-state index is 6.09. The molecule has 0 aromatic heterocycles. The van der Waals surface area contributed by atoms with Gasteiger partial charge in [0.05, 0.1) is 24.6 Å². The molecule has 1 aromatic carbocycles. The molecule has 1 aliphatic heterocycles. The Bertz CT molecular complexity index is 351. The first-order valence-electron chi connectivity index (χ1n) is 5.39. The van der Waals surface area contributed by atoms with E-state index < -0.39 is 0 Å².